The number of hydrogen-bond donors (Lipinski definition) is 2. The van der Waals surface area contributed by atoms with E-state index in [9.17, 15) is 14.0 Å². The van der Waals surface area contributed by atoms with E-state index in [-0.39, 0.29) is 29.6 Å². The molecule has 3 amide bonds. The van der Waals surface area contributed by atoms with Gasteiger partial charge in [0.1, 0.15) is 5.82 Å². The van der Waals surface area contributed by atoms with E-state index in [4.69, 9.17) is 4.74 Å². The van der Waals surface area contributed by atoms with E-state index in [2.05, 4.69) is 15.6 Å². The Hall–Kier alpha value is -2.52. The molecule has 4 rings (SSSR count). The molecule has 3 heterocycles. The van der Waals surface area contributed by atoms with Crippen LogP contribution in [0.5, 0.6) is 0 Å². The number of anilines is 1. The summed E-state index contributed by atoms with van der Waals surface area (Å²) < 4.78 is 18.8. The quantitative estimate of drug-likeness (QED) is 0.754. The molecule has 0 bridgehead atoms. The largest absolute Gasteiger partial charge is 0.381 e. The first-order valence-electron chi connectivity index (χ1n) is 9.66. The fourth-order valence-corrected chi connectivity index (χ4v) is 4.63. The molecule has 7 nitrogen and oxygen atoms in total. The Bertz CT molecular complexity index is 880. The predicted octanol–water partition coefficient (Wildman–Crippen LogP) is 2.22. The summed E-state index contributed by atoms with van der Waals surface area (Å²) in [5.74, 6) is -0.397. The van der Waals surface area contributed by atoms with Gasteiger partial charge >= 0.3 is 6.03 Å². The second-order valence-corrected chi connectivity index (χ2v) is 8.19. The number of amides is 3. The van der Waals surface area contributed by atoms with Gasteiger partial charge in [-0.15, -0.1) is 11.3 Å². The first-order chi connectivity index (χ1) is 14.1. The number of urea groups is 1. The molecule has 154 valence electrons. The Balaban J connectivity index is 1.39. The van der Waals surface area contributed by atoms with Crippen LogP contribution in [-0.2, 0) is 21.4 Å². The average Bonchev–Trinajstić information content (AvgIpc) is 3.36. The molecule has 2 fully saturated rings. The summed E-state index contributed by atoms with van der Waals surface area (Å²) in [4.78, 5) is 30.3. The number of carbonyl (C=O) groups is 2. The Morgan fingerprint density at radius 1 is 1.31 bits per heavy atom. The van der Waals surface area contributed by atoms with Gasteiger partial charge in [0.2, 0.25) is 5.91 Å². The van der Waals surface area contributed by atoms with Crippen LogP contribution >= 0.6 is 11.3 Å². The molecule has 2 saturated heterocycles. The van der Waals surface area contributed by atoms with E-state index >= 15 is 0 Å². The molecule has 1 aromatic carbocycles. The van der Waals surface area contributed by atoms with E-state index in [0.29, 0.717) is 43.7 Å². The molecule has 0 atom stereocenters. The summed E-state index contributed by atoms with van der Waals surface area (Å²) in [6.07, 6.45) is 1.69. The molecule has 0 saturated carbocycles. The van der Waals surface area contributed by atoms with Gasteiger partial charge in [-0.05, 0) is 30.5 Å². The zero-order valence-electron chi connectivity index (χ0n) is 15.9. The third-order valence-electron chi connectivity index (χ3n) is 5.50. The van der Waals surface area contributed by atoms with E-state index in [1.807, 2.05) is 5.38 Å². The lowest BCUT2D eigenvalue weighted by molar-refractivity contribution is -0.121. The fraction of sp³-hybridized carbons (Fsp3) is 0.450. The minimum Gasteiger partial charge on any atom is -0.381 e. The summed E-state index contributed by atoms with van der Waals surface area (Å²) in [5, 5.41) is 8.18. The zero-order valence-corrected chi connectivity index (χ0v) is 16.8. The SMILES string of the molecule is O=C(Cc1csc(N2CCNC2=O)n1)NCC1(c2ccc(F)cc2)CCOCC1. The van der Waals surface area contributed by atoms with Crippen LogP contribution in [0.3, 0.4) is 0 Å². The van der Waals surface area contributed by atoms with E-state index < -0.39 is 0 Å². The lowest BCUT2D eigenvalue weighted by Crippen LogP contribution is -2.45. The molecule has 0 unspecified atom stereocenters. The number of thiazole rings is 1. The van der Waals surface area contributed by atoms with Gasteiger partial charge in [0.15, 0.2) is 5.13 Å². The van der Waals surface area contributed by atoms with Crippen molar-refractivity contribution in [2.45, 2.75) is 24.7 Å². The normalized spacial score (nSPS) is 18.5. The van der Waals surface area contributed by atoms with Gasteiger partial charge in [-0.25, -0.2) is 14.2 Å². The number of aromatic nitrogens is 1. The Morgan fingerprint density at radius 3 is 2.76 bits per heavy atom. The highest BCUT2D eigenvalue weighted by Crippen LogP contribution is 2.34. The van der Waals surface area contributed by atoms with Crippen molar-refractivity contribution in [2.24, 2.45) is 0 Å². The van der Waals surface area contributed by atoms with Crippen LogP contribution < -0.4 is 15.5 Å². The number of hydrogen-bond acceptors (Lipinski definition) is 5. The van der Waals surface area contributed by atoms with Gasteiger partial charge in [-0.2, -0.15) is 0 Å². The second-order valence-electron chi connectivity index (χ2n) is 7.36. The molecule has 2 aliphatic heterocycles. The summed E-state index contributed by atoms with van der Waals surface area (Å²) in [5.41, 5.74) is 1.39. The third-order valence-corrected chi connectivity index (χ3v) is 6.41. The Labute approximate surface area is 172 Å². The topological polar surface area (TPSA) is 83.6 Å². The highest BCUT2D eigenvalue weighted by Gasteiger charge is 2.35. The lowest BCUT2D eigenvalue weighted by atomic mass is 9.74. The molecule has 2 aliphatic rings. The average molecular weight is 418 g/mol. The van der Waals surface area contributed by atoms with Crippen molar-refractivity contribution in [2.75, 3.05) is 37.7 Å². The lowest BCUT2D eigenvalue weighted by Gasteiger charge is -2.38. The third kappa shape index (κ3) is 4.40. The minimum atomic E-state index is -0.272. The predicted molar refractivity (Wildman–Crippen MR) is 108 cm³/mol. The second kappa shape index (κ2) is 8.46. The molecule has 2 N–H and O–H groups in total. The van der Waals surface area contributed by atoms with Crippen LogP contribution in [0.1, 0.15) is 24.1 Å². The molecule has 29 heavy (non-hydrogen) atoms. The smallest absolute Gasteiger partial charge is 0.323 e. The van der Waals surface area contributed by atoms with Crippen molar-refractivity contribution < 1.29 is 18.7 Å². The van der Waals surface area contributed by atoms with Crippen LogP contribution in [0.15, 0.2) is 29.6 Å². The van der Waals surface area contributed by atoms with E-state index in [0.717, 1.165) is 18.4 Å². The molecule has 0 aliphatic carbocycles. The van der Waals surface area contributed by atoms with Crippen LogP contribution in [0.25, 0.3) is 0 Å². The molecule has 0 spiro atoms. The van der Waals surface area contributed by atoms with Gasteiger partial charge in [0.05, 0.1) is 12.1 Å². The number of carbonyl (C=O) groups excluding carboxylic acids is 2. The molecule has 2 aromatic rings. The van der Waals surface area contributed by atoms with Gasteiger partial charge in [-0.3, -0.25) is 9.69 Å². The number of nitrogens with one attached hydrogen (secondary N) is 2. The summed E-state index contributed by atoms with van der Waals surface area (Å²) in [7, 11) is 0. The zero-order chi connectivity index (χ0) is 20.3. The number of ether oxygens (including phenoxy) is 1. The van der Waals surface area contributed by atoms with Crippen molar-refractivity contribution in [1.82, 2.24) is 15.6 Å². The maximum Gasteiger partial charge on any atom is 0.323 e. The summed E-state index contributed by atoms with van der Waals surface area (Å²) in [6.45, 7) is 2.87. The number of halogens is 1. The Kier molecular flexibility index (Phi) is 5.77. The minimum absolute atomic E-state index is 0.124. The highest BCUT2D eigenvalue weighted by atomic mass is 32.1. The number of rotatable bonds is 6. The molecule has 9 heteroatoms. The van der Waals surface area contributed by atoms with Gasteiger partial charge in [-0.1, -0.05) is 12.1 Å². The summed E-state index contributed by atoms with van der Waals surface area (Å²) >= 11 is 1.36. The molecule has 1 aromatic heterocycles. The first-order valence-corrected chi connectivity index (χ1v) is 10.5. The first kappa shape index (κ1) is 19.8. The van der Waals surface area contributed by atoms with Crippen molar-refractivity contribution in [3.05, 3.63) is 46.7 Å². The molecule has 0 radical (unpaired) electrons. The van der Waals surface area contributed by atoms with E-state index in [1.54, 1.807) is 17.0 Å². The van der Waals surface area contributed by atoms with Gasteiger partial charge in [0.25, 0.3) is 0 Å². The summed E-state index contributed by atoms with van der Waals surface area (Å²) in [6, 6.07) is 6.34. The van der Waals surface area contributed by atoms with Crippen molar-refractivity contribution in [3.8, 4) is 0 Å². The van der Waals surface area contributed by atoms with Crippen molar-refractivity contribution >= 4 is 28.4 Å². The monoisotopic (exact) mass is 418 g/mol. The van der Waals surface area contributed by atoms with E-state index in [1.165, 1.54) is 23.5 Å². The highest BCUT2D eigenvalue weighted by molar-refractivity contribution is 7.14. The van der Waals surface area contributed by atoms with Gasteiger partial charge in [0, 0.05) is 43.6 Å². The van der Waals surface area contributed by atoms with Crippen LogP contribution in [-0.4, -0.2) is 49.8 Å². The molecular formula is C20H23FN4O3S. The maximum absolute atomic E-state index is 13.3. The van der Waals surface area contributed by atoms with Crippen molar-refractivity contribution in [3.63, 3.8) is 0 Å². The van der Waals surface area contributed by atoms with Gasteiger partial charge < -0.3 is 15.4 Å². The maximum atomic E-state index is 13.3. The number of nitrogens with zero attached hydrogens (tertiary/aromatic N) is 2. The number of benzene rings is 1. The van der Waals surface area contributed by atoms with Crippen LogP contribution in [0.2, 0.25) is 0 Å². The Morgan fingerprint density at radius 2 is 2.07 bits per heavy atom. The fourth-order valence-electron chi connectivity index (χ4n) is 3.78. The van der Waals surface area contributed by atoms with Crippen LogP contribution in [0.4, 0.5) is 14.3 Å². The molecular weight excluding hydrogens is 395 g/mol. The van der Waals surface area contributed by atoms with Crippen LogP contribution in [0, 0.1) is 5.82 Å². The van der Waals surface area contributed by atoms with Crippen molar-refractivity contribution in [1.29, 1.82) is 0 Å². The standard InChI is InChI=1S/C20H23FN4O3S/c21-15-3-1-14(2-4-15)20(5-9-28-10-6-20)13-23-17(26)11-16-12-29-19(24-16)25-8-7-22-18(25)27/h1-4,12H,5-11,13H2,(H,22,27)(H,23,26).